The zero-order valence-corrected chi connectivity index (χ0v) is 19.1. The molecule has 0 saturated carbocycles. The van der Waals surface area contributed by atoms with E-state index in [2.05, 4.69) is 20.4 Å². The predicted octanol–water partition coefficient (Wildman–Crippen LogP) is 3.52. The molecular weight excluding hydrogens is 408 g/mol. The van der Waals surface area contributed by atoms with E-state index in [-0.39, 0.29) is 5.91 Å². The van der Waals surface area contributed by atoms with E-state index in [0.29, 0.717) is 17.3 Å². The molecule has 0 radical (unpaired) electrons. The molecule has 1 fully saturated rings. The number of aryl methyl sites for hydroxylation is 2. The van der Waals surface area contributed by atoms with Gasteiger partial charge in [0.05, 0.1) is 22.8 Å². The van der Waals surface area contributed by atoms with E-state index in [1.54, 1.807) is 0 Å². The van der Waals surface area contributed by atoms with Crippen molar-refractivity contribution in [1.29, 1.82) is 0 Å². The second kappa shape index (κ2) is 10.2. The minimum atomic E-state index is 0.0227. The molecule has 1 aromatic carbocycles. The van der Waals surface area contributed by atoms with Crippen molar-refractivity contribution < 1.29 is 4.79 Å². The van der Waals surface area contributed by atoms with Crippen molar-refractivity contribution in [3.05, 3.63) is 41.7 Å². The van der Waals surface area contributed by atoms with Gasteiger partial charge in [0.1, 0.15) is 10.5 Å². The van der Waals surface area contributed by atoms with Crippen LogP contribution in [0.4, 0.5) is 0 Å². The van der Waals surface area contributed by atoms with Crippen molar-refractivity contribution in [2.75, 3.05) is 31.9 Å². The molecule has 1 saturated heterocycles. The first-order chi connectivity index (χ1) is 15.1. The normalized spacial score (nSPS) is 15.2. The molecule has 3 heterocycles. The molecule has 0 aliphatic carbocycles. The molecule has 0 unspecified atom stereocenters. The van der Waals surface area contributed by atoms with E-state index in [9.17, 15) is 4.79 Å². The van der Waals surface area contributed by atoms with Crippen molar-refractivity contribution in [3.63, 3.8) is 0 Å². The van der Waals surface area contributed by atoms with Gasteiger partial charge in [-0.25, -0.2) is 4.68 Å². The van der Waals surface area contributed by atoms with Gasteiger partial charge in [-0.05, 0) is 51.9 Å². The summed E-state index contributed by atoms with van der Waals surface area (Å²) in [7, 11) is 0. The fraction of sp³-hybridized carbons (Fsp3) is 0.478. The highest BCUT2D eigenvalue weighted by Crippen LogP contribution is 2.29. The molecule has 31 heavy (non-hydrogen) atoms. The third kappa shape index (κ3) is 5.25. The first-order valence-electron chi connectivity index (χ1n) is 11.0. The summed E-state index contributed by atoms with van der Waals surface area (Å²) in [5, 5.41) is 18.2. The zero-order valence-electron chi connectivity index (χ0n) is 18.3. The maximum absolute atomic E-state index is 12.4. The number of fused-ring (bicyclic) bond motifs is 1. The summed E-state index contributed by atoms with van der Waals surface area (Å²) >= 11 is 1.40. The number of carbonyl (C=O) groups excluding carboxylic acids is 1. The third-order valence-electron chi connectivity index (χ3n) is 5.76. The van der Waals surface area contributed by atoms with Gasteiger partial charge in [-0.15, -0.1) is 5.10 Å². The molecule has 1 aliphatic rings. The summed E-state index contributed by atoms with van der Waals surface area (Å²) in [4.78, 5) is 14.9. The Morgan fingerprint density at radius 1 is 1.06 bits per heavy atom. The number of nitrogens with one attached hydrogen (secondary N) is 1. The number of aromatic nitrogens is 4. The molecule has 7 nitrogen and oxygen atoms in total. The van der Waals surface area contributed by atoms with Crippen LogP contribution < -0.4 is 5.32 Å². The van der Waals surface area contributed by atoms with Crippen LogP contribution in [0.3, 0.4) is 0 Å². The second-order valence-corrected chi connectivity index (χ2v) is 9.01. The van der Waals surface area contributed by atoms with Gasteiger partial charge in [0.25, 0.3) is 0 Å². The fourth-order valence-electron chi connectivity index (χ4n) is 4.12. The van der Waals surface area contributed by atoms with Crippen molar-refractivity contribution >= 4 is 28.6 Å². The summed E-state index contributed by atoms with van der Waals surface area (Å²) in [5.74, 6) is 0.332. The van der Waals surface area contributed by atoms with Gasteiger partial charge in [0.2, 0.25) is 5.91 Å². The maximum atomic E-state index is 12.4. The lowest BCUT2D eigenvalue weighted by atomic mass is 10.2. The standard InChI is InChI=1S/C23H30N6OS/c1-17-21-18(2)29(19-10-6-5-7-11-19)27-22(21)23(26-25-17)31-16-20(30)24-12-15-28-13-8-3-4-9-14-28/h5-7,10-11H,3-4,8-9,12-16H2,1-2H3,(H,24,30). The van der Waals surface area contributed by atoms with Crippen LogP contribution in [0.1, 0.15) is 37.1 Å². The van der Waals surface area contributed by atoms with Gasteiger partial charge >= 0.3 is 0 Å². The van der Waals surface area contributed by atoms with Gasteiger partial charge in [0, 0.05) is 18.5 Å². The largest absolute Gasteiger partial charge is 0.354 e. The van der Waals surface area contributed by atoms with Crippen molar-refractivity contribution in [3.8, 4) is 5.69 Å². The third-order valence-corrected chi connectivity index (χ3v) is 6.72. The number of likely N-dealkylation sites (tertiary alicyclic amines) is 1. The fourth-order valence-corrected chi connectivity index (χ4v) is 4.87. The lowest BCUT2D eigenvalue weighted by Crippen LogP contribution is -2.36. The van der Waals surface area contributed by atoms with E-state index in [1.807, 2.05) is 48.9 Å². The zero-order chi connectivity index (χ0) is 21.6. The van der Waals surface area contributed by atoms with Crippen LogP contribution >= 0.6 is 11.8 Å². The van der Waals surface area contributed by atoms with Gasteiger partial charge in [-0.3, -0.25) is 4.79 Å². The smallest absolute Gasteiger partial charge is 0.230 e. The van der Waals surface area contributed by atoms with Gasteiger partial charge in [0.15, 0.2) is 0 Å². The summed E-state index contributed by atoms with van der Waals surface area (Å²) in [6, 6.07) is 10.0. The van der Waals surface area contributed by atoms with Crippen LogP contribution in [0.25, 0.3) is 16.6 Å². The molecule has 8 heteroatoms. The monoisotopic (exact) mass is 438 g/mol. The lowest BCUT2D eigenvalue weighted by Gasteiger charge is -2.19. The van der Waals surface area contributed by atoms with Crippen LogP contribution in [-0.4, -0.2) is 62.7 Å². The number of benzene rings is 1. The lowest BCUT2D eigenvalue weighted by molar-refractivity contribution is -0.118. The predicted molar refractivity (Wildman–Crippen MR) is 125 cm³/mol. The first kappa shape index (κ1) is 21.8. The maximum Gasteiger partial charge on any atom is 0.230 e. The highest BCUT2D eigenvalue weighted by atomic mass is 32.2. The molecule has 1 aliphatic heterocycles. The highest BCUT2D eigenvalue weighted by molar-refractivity contribution is 8.00. The quantitative estimate of drug-likeness (QED) is 0.569. The van der Waals surface area contributed by atoms with E-state index in [0.717, 1.165) is 47.6 Å². The minimum Gasteiger partial charge on any atom is -0.354 e. The molecule has 1 N–H and O–H groups in total. The molecule has 164 valence electrons. The highest BCUT2D eigenvalue weighted by Gasteiger charge is 2.18. The Bertz CT molecular complexity index is 1030. The second-order valence-electron chi connectivity index (χ2n) is 8.04. The number of carbonyl (C=O) groups is 1. The molecule has 0 atom stereocenters. The first-order valence-corrected chi connectivity index (χ1v) is 12.0. The molecule has 2 aromatic heterocycles. The summed E-state index contributed by atoms with van der Waals surface area (Å²) in [5.41, 5.74) is 3.67. The molecule has 0 bridgehead atoms. The van der Waals surface area contributed by atoms with Gasteiger partial charge in [-0.1, -0.05) is 42.8 Å². The Morgan fingerprint density at radius 2 is 1.81 bits per heavy atom. The average molecular weight is 439 g/mol. The Kier molecular flexibility index (Phi) is 7.19. The van der Waals surface area contributed by atoms with Crippen LogP contribution in [0, 0.1) is 13.8 Å². The van der Waals surface area contributed by atoms with Crippen molar-refractivity contribution in [1.82, 2.24) is 30.2 Å². The topological polar surface area (TPSA) is 75.9 Å². The SMILES string of the molecule is Cc1nnc(SCC(=O)NCCN2CCCCCC2)c2nn(-c3ccccc3)c(C)c12. The Hall–Kier alpha value is -2.45. The number of amides is 1. The Balaban J connectivity index is 1.40. The number of para-hydroxylation sites is 1. The van der Waals surface area contributed by atoms with Crippen LogP contribution in [0.2, 0.25) is 0 Å². The van der Waals surface area contributed by atoms with E-state index in [4.69, 9.17) is 5.10 Å². The van der Waals surface area contributed by atoms with Gasteiger partial charge in [-0.2, -0.15) is 10.2 Å². The average Bonchev–Trinajstić information content (AvgIpc) is 2.95. The Morgan fingerprint density at radius 3 is 2.55 bits per heavy atom. The summed E-state index contributed by atoms with van der Waals surface area (Å²) in [6.07, 6.45) is 5.18. The number of hydrogen-bond donors (Lipinski definition) is 1. The molecule has 3 aromatic rings. The Labute approximate surface area is 187 Å². The summed E-state index contributed by atoms with van der Waals surface area (Å²) in [6.45, 7) is 7.89. The minimum absolute atomic E-state index is 0.0227. The number of thioether (sulfide) groups is 1. The van der Waals surface area contributed by atoms with Crippen LogP contribution in [0.5, 0.6) is 0 Å². The molecular formula is C23H30N6OS. The molecule has 1 amide bonds. The van der Waals surface area contributed by atoms with Crippen LogP contribution in [0.15, 0.2) is 35.4 Å². The van der Waals surface area contributed by atoms with Crippen molar-refractivity contribution in [2.45, 2.75) is 44.6 Å². The van der Waals surface area contributed by atoms with E-state index >= 15 is 0 Å². The molecule has 0 spiro atoms. The number of rotatable bonds is 7. The van der Waals surface area contributed by atoms with Crippen LogP contribution in [-0.2, 0) is 4.79 Å². The number of hydrogen-bond acceptors (Lipinski definition) is 6. The van der Waals surface area contributed by atoms with Gasteiger partial charge < -0.3 is 10.2 Å². The van der Waals surface area contributed by atoms with E-state index in [1.165, 1.54) is 37.4 Å². The van der Waals surface area contributed by atoms with Crippen molar-refractivity contribution in [2.24, 2.45) is 0 Å². The van der Waals surface area contributed by atoms with E-state index < -0.39 is 0 Å². The molecule has 4 rings (SSSR count). The summed E-state index contributed by atoms with van der Waals surface area (Å²) < 4.78 is 1.92. The number of nitrogens with zero attached hydrogens (tertiary/aromatic N) is 5.